The Balaban J connectivity index is 1.60. The van der Waals surface area contributed by atoms with E-state index in [1.165, 1.54) is 0 Å². The molecule has 1 atom stereocenters. The minimum atomic E-state index is -0.461. The Hall–Kier alpha value is -2.92. The van der Waals surface area contributed by atoms with E-state index >= 15 is 0 Å². The van der Waals surface area contributed by atoms with Crippen LogP contribution in [0.4, 0.5) is 5.69 Å². The van der Waals surface area contributed by atoms with Gasteiger partial charge >= 0.3 is 5.97 Å². The predicted octanol–water partition coefficient (Wildman–Crippen LogP) is 4.36. The standard InChI is InChI=1S/C24H26N2O3/c1-2-29-24(28)20-16-25-21-11-7-6-10-19(21)22(20)26-14-12-18(13-15-26)23(27)17-8-4-3-5-9-17/h3-11,16,18,23,27H,2,12-15H2,1H3. The average Bonchev–Trinajstić information content (AvgIpc) is 2.78. The van der Waals surface area contributed by atoms with E-state index in [-0.39, 0.29) is 11.9 Å². The van der Waals surface area contributed by atoms with E-state index in [4.69, 9.17) is 4.74 Å². The number of carbonyl (C=O) groups excluding carboxylic acids is 1. The Kier molecular flexibility index (Phi) is 5.76. The number of aromatic nitrogens is 1. The molecule has 0 saturated carbocycles. The molecular formula is C24H26N2O3. The highest BCUT2D eigenvalue weighted by Crippen LogP contribution is 2.36. The first-order chi connectivity index (χ1) is 14.2. The van der Waals surface area contributed by atoms with Crippen LogP contribution in [0.1, 0.15) is 41.8 Å². The number of esters is 1. The number of aliphatic hydroxyl groups is 1. The Morgan fingerprint density at radius 2 is 1.83 bits per heavy atom. The first kappa shape index (κ1) is 19.4. The lowest BCUT2D eigenvalue weighted by Crippen LogP contribution is -2.36. The second kappa shape index (κ2) is 8.62. The third kappa shape index (κ3) is 3.96. The molecule has 0 aliphatic carbocycles. The van der Waals surface area contributed by atoms with Gasteiger partial charge in [-0.1, -0.05) is 48.5 Å². The summed E-state index contributed by atoms with van der Waals surface area (Å²) in [5.74, 6) is -0.139. The lowest BCUT2D eigenvalue weighted by molar-refractivity contribution is 0.0526. The second-order valence-corrected chi connectivity index (χ2v) is 7.44. The summed E-state index contributed by atoms with van der Waals surface area (Å²) >= 11 is 0. The van der Waals surface area contributed by atoms with Gasteiger partial charge in [-0.15, -0.1) is 0 Å². The summed E-state index contributed by atoms with van der Waals surface area (Å²) in [4.78, 5) is 19.3. The highest BCUT2D eigenvalue weighted by atomic mass is 16.5. The molecule has 4 rings (SSSR count). The maximum Gasteiger partial charge on any atom is 0.341 e. The maximum atomic E-state index is 12.6. The van der Waals surface area contributed by atoms with Crippen molar-refractivity contribution in [3.8, 4) is 0 Å². The average molecular weight is 390 g/mol. The van der Waals surface area contributed by atoms with Crippen molar-refractivity contribution in [2.45, 2.75) is 25.9 Å². The monoisotopic (exact) mass is 390 g/mol. The summed E-state index contributed by atoms with van der Waals surface area (Å²) in [5.41, 5.74) is 3.23. The smallest absolute Gasteiger partial charge is 0.341 e. The topological polar surface area (TPSA) is 62.7 Å². The SMILES string of the molecule is CCOC(=O)c1cnc2ccccc2c1N1CCC(C(O)c2ccccc2)CC1. The van der Waals surface area contributed by atoms with Crippen LogP contribution in [0.25, 0.3) is 10.9 Å². The van der Waals surface area contributed by atoms with Crippen LogP contribution in [0.5, 0.6) is 0 Å². The van der Waals surface area contributed by atoms with Gasteiger partial charge in [0.1, 0.15) is 5.56 Å². The molecule has 1 fully saturated rings. The molecule has 5 heteroatoms. The number of rotatable bonds is 5. The van der Waals surface area contributed by atoms with E-state index < -0.39 is 6.10 Å². The van der Waals surface area contributed by atoms with Gasteiger partial charge in [0.25, 0.3) is 0 Å². The van der Waals surface area contributed by atoms with Crippen LogP contribution in [0, 0.1) is 5.92 Å². The van der Waals surface area contributed by atoms with Crippen molar-refractivity contribution in [1.82, 2.24) is 4.98 Å². The Morgan fingerprint density at radius 1 is 1.14 bits per heavy atom. The van der Waals surface area contributed by atoms with Gasteiger partial charge in [0.15, 0.2) is 0 Å². The molecule has 1 N–H and O–H groups in total. The van der Waals surface area contributed by atoms with Crippen LogP contribution in [0.3, 0.4) is 0 Å². The first-order valence-electron chi connectivity index (χ1n) is 10.2. The Bertz CT molecular complexity index is 982. The van der Waals surface area contributed by atoms with Crippen LogP contribution >= 0.6 is 0 Å². The van der Waals surface area contributed by atoms with Crippen molar-refractivity contribution >= 4 is 22.6 Å². The van der Waals surface area contributed by atoms with Crippen molar-refractivity contribution in [2.24, 2.45) is 5.92 Å². The molecule has 0 bridgehead atoms. The third-order valence-corrected chi connectivity index (χ3v) is 5.69. The van der Waals surface area contributed by atoms with Crippen molar-refractivity contribution in [2.75, 3.05) is 24.6 Å². The summed E-state index contributed by atoms with van der Waals surface area (Å²) < 4.78 is 5.28. The zero-order valence-corrected chi connectivity index (χ0v) is 16.6. The number of piperidine rings is 1. The number of hydrogen-bond donors (Lipinski definition) is 1. The molecule has 1 unspecified atom stereocenters. The van der Waals surface area contributed by atoms with E-state index in [1.54, 1.807) is 6.20 Å². The number of aliphatic hydroxyl groups excluding tert-OH is 1. The Morgan fingerprint density at radius 3 is 2.55 bits per heavy atom. The van der Waals surface area contributed by atoms with Gasteiger partial charge in [0, 0.05) is 24.7 Å². The molecule has 1 saturated heterocycles. The summed E-state index contributed by atoms with van der Waals surface area (Å²) in [7, 11) is 0. The fourth-order valence-electron chi connectivity index (χ4n) is 4.19. The molecule has 0 amide bonds. The molecule has 29 heavy (non-hydrogen) atoms. The number of pyridine rings is 1. The normalized spacial score (nSPS) is 16.0. The highest BCUT2D eigenvalue weighted by Gasteiger charge is 2.29. The second-order valence-electron chi connectivity index (χ2n) is 7.44. The van der Waals surface area contributed by atoms with E-state index in [2.05, 4.69) is 9.88 Å². The van der Waals surface area contributed by atoms with Crippen molar-refractivity contribution < 1.29 is 14.6 Å². The number of para-hydroxylation sites is 1. The molecule has 0 spiro atoms. The summed E-state index contributed by atoms with van der Waals surface area (Å²) in [5, 5.41) is 11.7. The molecule has 1 aliphatic rings. The molecule has 1 aromatic heterocycles. The first-order valence-corrected chi connectivity index (χ1v) is 10.2. The molecule has 3 aromatic rings. The Labute approximate surface area is 170 Å². The van der Waals surface area contributed by atoms with Gasteiger partial charge < -0.3 is 14.7 Å². The third-order valence-electron chi connectivity index (χ3n) is 5.69. The molecule has 2 heterocycles. The fourth-order valence-corrected chi connectivity index (χ4v) is 4.19. The van der Waals surface area contributed by atoms with Crippen molar-refractivity contribution in [3.63, 3.8) is 0 Å². The highest BCUT2D eigenvalue weighted by molar-refractivity contribution is 6.05. The van der Waals surface area contributed by atoms with Gasteiger partial charge in [-0.2, -0.15) is 0 Å². The molecular weight excluding hydrogens is 364 g/mol. The van der Waals surface area contributed by atoms with E-state index in [0.717, 1.165) is 48.1 Å². The minimum Gasteiger partial charge on any atom is -0.462 e. The van der Waals surface area contributed by atoms with Crippen LogP contribution in [0.15, 0.2) is 60.8 Å². The zero-order chi connectivity index (χ0) is 20.2. The largest absolute Gasteiger partial charge is 0.462 e. The molecule has 0 radical (unpaired) electrons. The molecule has 150 valence electrons. The number of fused-ring (bicyclic) bond motifs is 1. The fraction of sp³-hybridized carbons (Fsp3) is 0.333. The molecule has 2 aromatic carbocycles. The van der Waals surface area contributed by atoms with Crippen LogP contribution in [-0.4, -0.2) is 35.8 Å². The number of ether oxygens (including phenoxy) is 1. The quantitative estimate of drug-likeness (QED) is 0.656. The number of anilines is 1. The number of hydrogen-bond acceptors (Lipinski definition) is 5. The summed E-state index contributed by atoms with van der Waals surface area (Å²) in [6.07, 6.45) is 2.88. The lowest BCUT2D eigenvalue weighted by atomic mass is 9.87. The van der Waals surface area contributed by atoms with Gasteiger partial charge in [-0.25, -0.2) is 4.79 Å². The number of carbonyl (C=O) groups is 1. The number of benzene rings is 2. The van der Waals surface area contributed by atoms with Gasteiger partial charge in [0.05, 0.1) is 23.9 Å². The van der Waals surface area contributed by atoms with Crippen LogP contribution in [-0.2, 0) is 4.74 Å². The van der Waals surface area contributed by atoms with Gasteiger partial charge in [-0.05, 0) is 37.3 Å². The maximum absolute atomic E-state index is 12.6. The predicted molar refractivity (Wildman–Crippen MR) is 114 cm³/mol. The molecule has 1 aliphatic heterocycles. The van der Waals surface area contributed by atoms with E-state index in [1.807, 2.05) is 61.5 Å². The summed E-state index contributed by atoms with van der Waals surface area (Å²) in [6, 6.07) is 17.7. The van der Waals surface area contributed by atoms with Crippen molar-refractivity contribution in [1.29, 1.82) is 0 Å². The van der Waals surface area contributed by atoms with E-state index in [9.17, 15) is 9.90 Å². The van der Waals surface area contributed by atoms with Gasteiger partial charge in [0.2, 0.25) is 0 Å². The van der Waals surface area contributed by atoms with Crippen molar-refractivity contribution in [3.05, 3.63) is 71.9 Å². The molecule has 5 nitrogen and oxygen atoms in total. The van der Waals surface area contributed by atoms with E-state index in [0.29, 0.717) is 12.2 Å². The van der Waals surface area contributed by atoms with Crippen LogP contribution < -0.4 is 4.90 Å². The minimum absolute atomic E-state index is 0.202. The van der Waals surface area contributed by atoms with Crippen LogP contribution in [0.2, 0.25) is 0 Å². The van der Waals surface area contributed by atoms with Gasteiger partial charge in [-0.3, -0.25) is 4.98 Å². The zero-order valence-electron chi connectivity index (χ0n) is 16.6. The lowest BCUT2D eigenvalue weighted by Gasteiger charge is -2.36. The number of nitrogens with zero attached hydrogens (tertiary/aromatic N) is 2. The summed E-state index contributed by atoms with van der Waals surface area (Å²) in [6.45, 7) is 3.68.